The van der Waals surface area contributed by atoms with Crippen molar-refractivity contribution in [3.8, 4) is 18.4 Å². The Labute approximate surface area is 83.2 Å². The normalized spacial score (nSPS) is 24.7. The van der Waals surface area contributed by atoms with Gasteiger partial charge in [-0.1, -0.05) is 5.92 Å². The Kier molecular flexibility index (Phi) is 3.82. The lowest BCUT2D eigenvalue weighted by Crippen LogP contribution is -2.37. The molecule has 2 atom stereocenters. The van der Waals surface area contributed by atoms with Gasteiger partial charge in [-0.05, 0) is 19.3 Å². The molecule has 1 aliphatic rings. The molecular weight excluding hydrogens is 180 g/mol. The topological polar surface area (TPSA) is 62.1 Å². The Balaban J connectivity index is 2.33. The van der Waals surface area contributed by atoms with Crippen molar-refractivity contribution in [1.29, 1.82) is 5.26 Å². The monoisotopic (exact) mass is 192 g/mol. The maximum Gasteiger partial charge on any atom is 0.408 e. The summed E-state index contributed by atoms with van der Waals surface area (Å²) in [6, 6.07) is 2.09. The lowest BCUT2D eigenvalue weighted by molar-refractivity contribution is 0.154. The van der Waals surface area contributed by atoms with Crippen LogP contribution >= 0.6 is 0 Å². The van der Waals surface area contributed by atoms with E-state index in [1.165, 1.54) is 0 Å². The van der Waals surface area contributed by atoms with Gasteiger partial charge in [-0.2, -0.15) is 5.26 Å². The van der Waals surface area contributed by atoms with Crippen LogP contribution in [0.15, 0.2) is 0 Å². The maximum atomic E-state index is 11.1. The first kappa shape index (κ1) is 10.4. The fourth-order valence-corrected chi connectivity index (χ4v) is 1.59. The second kappa shape index (κ2) is 5.14. The summed E-state index contributed by atoms with van der Waals surface area (Å²) in [5, 5.41) is 11.4. The van der Waals surface area contributed by atoms with Gasteiger partial charge in [-0.15, -0.1) is 6.42 Å². The van der Waals surface area contributed by atoms with E-state index >= 15 is 0 Å². The van der Waals surface area contributed by atoms with Gasteiger partial charge in [-0.3, -0.25) is 0 Å². The Morgan fingerprint density at radius 2 is 2.43 bits per heavy atom. The number of carbonyl (C=O) groups is 1. The molecule has 1 amide bonds. The van der Waals surface area contributed by atoms with Gasteiger partial charge in [0, 0.05) is 6.04 Å². The van der Waals surface area contributed by atoms with E-state index in [9.17, 15) is 4.79 Å². The number of rotatable bonds is 2. The summed E-state index contributed by atoms with van der Waals surface area (Å²) in [4.78, 5) is 11.1. The summed E-state index contributed by atoms with van der Waals surface area (Å²) in [6.45, 7) is -0.0320. The Morgan fingerprint density at radius 3 is 3.07 bits per heavy atom. The van der Waals surface area contributed by atoms with Crippen LogP contribution in [0.25, 0.3) is 0 Å². The zero-order valence-electron chi connectivity index (χ0n) is 7.82. The number of amides is 1. The van der Waals surface area contributed by atoms with Gasteiger partial charge in [0.1, 0.15) is 0 Å². The summed E-state index contributed by atoms with van der Waals surface area (Å²) >= 11 is 0. The molecule has 0 radical (unpaired) electrons. The van der Waals surface area contributed by atoms with E-state index in [1.54, 1.807) is 0 Å². The molecule has 0 saturated heterocycles. The number of alkyl carbamates (subject to hydrolysis) is 1. The number of carbonyl (C=O) groups excluding carboxylic acids is 1. The fourth-order valence-electron chi connectivity index (χ4n) is 1.59. The molecule has 74 valence electrons. The summed E-state index contributed by atoms with van der Waals surface area (Å²) < 4.78 is 4.65. The number of nitrogens with zero attached hydrogens (tertiary/aromatic N) is 1. The first-order chi connectivity index (χ1) is 6.77. The standard InChI is InChI=1S/C10H12N2O2/c1-2-6-14-10(13)12-9-5-3-4-8(9)7-11/h1,8-9H,3-6H2,(H,12,13). The Bertz CT molecular complexity index is 287. The number of hydrogen-bond donors (Lipinski definition) is 1. The third kappa shape index (κ3) is 2.67. The highest BCUT2D eigenvalue weighted by Crippen LogP contribution is 2.24. The molecular formula is C10H12N2O2. The van der Waals surface area contributed by atoms with Crippen LogP contribution in [0.5, 0.6) is 0 Å². The number of terminal acetylenes is 1. The van der Waals surface area contributed by atoms with Crippen molar-refractivity contribution >= 4 is 6.09 Å². The van der Waals surface area contributed by atoms with E-state index < -0.39 is 6.09 Å². The first-order valence-electron chi connectivity index (χ1n) is 4.54. The zero-order valence-corrected chi connectivity index (χ0v) is 7.82. The van der Waals surface area contributed by atoms with Gasteiger partial charge in [0.15, 0.2) is 6.61 Å². The van der Waals surface area contributed by atoms with Gasteiger partial charge in [0.05, 0.1) is 12.0 Å². The lowest BCUT2D eigenvalue weighted by Gasteiger charge is -2.14. The van der Waals surface area contributed by atoms with Crippen LogP contribution in [-0.4, -0.2) is 18.7 Å². The maximum absolute atomic E-state index is 11.1. The smallest absolute Gasteiger partial charge is 0.408 e. The molecule has 0 aromatic rings. The third-order valence-electron chi connectivity index (χ3n) is 2.27. The molecule has 0 aromatic heterocycles. The molecule has 1 N–H and O–H groups in total. The van der Waals surface area contributed by atoms with E-state index in [-0.39, 0.29) is 18.6 Å². The average Bonchev–Trinajstić information content (AvgIpc) is 2.62. The Morgan fingerprint density at radius 1 is 1.64 bits per heavy atom. The summed E-state index contributed by atoms with van der Waals surface area (Å²) in [5.74, 6) is 2.11. The van der Waals surface area contributed by atoms with Gasteiger partial charge in [0.25, 0.3) is 0 Å². The van der Waals surface area contributed by atoms with Crippen molar-refractivity contribution in [2.24, 2.45) is 5.92 Å². The van der Waals surface area contributed by atoms with Crippen LogP contribution < -0.4 is 5.32 Å². The molecule has 4 heteroatoms. The van der Waals surface area contributed by atoms with Gasteiger partial charge >= 0.3 is 6.09 Å². The van der Waals surface area contributed by atoms with E-state index in [4.69, 9.17) is 11.7 Å². The predicted molar refractivity (Wildman–Crippen MR) is 50.1 cm³/mol. The molecule has 2 unspecified atom stereocenters. The number of hydrogen-bond acceptors (Lipinski definition) is 3. The van der Waals surface area contributed by atoms with Crippen LogP contribution in [0.1, 0.15) is 19.3 Å². The molecule has 0 heterocycles. The minimum absolute atomic E-state index is 0.0320. The highest BCUT2D eigenvalue weighted by atomic mass is 16.5. The van der Waals surface area contributed by atoms with Gasteiger partial charge in [0.2, 0.25) is 0 Å². The van der Waals surface area contributed by atoms with Gasteiger partial charge < -0.3 is 10.1 Å². The predicted octanol–water partition coefficient (Wildman–Crippen LogP) is 1.04. The minimum Gasteiger partial charge on any atom is -0.436 e. The zero-order chi connectivity index (χ0) is 10.4. The van der Waals surface area contributed by atoms with Crippen molar-refractivity contribution in [2.45, 2.75) is 25.3 Å². The number of nitrogens with one attached hydrogen (secondary N) is 1. The highest BCUT2D eigenvalue weighted by molar-refractivity contribution is 5.67. The fraction of sp³-hybridized carbons (Fsp3) is 0.600. The van der Waals surface area contributed by atoms with E-state index in [2.05, 4.69) is 22.0 Å². The van der Waals surface area contributed by atoms with Crippen molar-refractivity contribution < 1.29 is 9.53 Å². The quantitative estimate of drug-likeness (QED) is 0.665. The van der Waals surface area contributed by atoms with Gasteiger partial charge in [-0.25, -0.2) is 4.79 Å². The van der Waals surface area contributed by atoms with Crippen molar-refractivity contribution in [1.82, 2.24) is 5.32 Å². The average molecular weight is 192 g/mol. The molecule has 0 bridgehead atoms. The van der Waals surface area contributed by atoms with Crippen LogP contribution in [0.3, 0.4) is 0 Å². The highest BCUT2D eigenvalue weighted by Gasteiger charge is 2.28. The van der Waals surface area contributed by atoms with E-state index in [0.717, 1.165) is 19.3 Å². The van der Waals surface area contributed by atoms with E-state index in [0.29, 0.717) is 0 Å². The second-order valence-electron chi connectivity index (χ2n) is 3.20. The molecule has 1 fully saturated rings. The number of ether oxygens (including phenoxy) is 1. The van der Waals surface area contributed by atoms with Crippen molar-refractivity contribution in [3.63, 3.8) is 0 Å². The molecule has 0 aromatic carbocycles. The van der Waals surface area contributed by atoms with Crippen LogP contribution in [-0.2, 0) is 4.74 Å². The summed E-state index contributed by atoms with van der Waals surface area (Å²) in [6.07, 6.45) is 7.05. The SMILES string of the molecule is C#CCOC(=O)NC1CCCC1C#N. The van der Waals surface area contributed by atoms with Crippen LogP contribution in [0.2, 0.25) is 0 Å². The molecule has 1 rings (SSSR count). The molecule has 1 saturated carbocycles. The van der Waals surface area contributed by atoms with Crippen molar-refractivity contribution in [2.75, 3.05) is 6.61 Å². The summed E-state index contributed by atoms with van der Waals surface area (Å²) in [5.41, 5.74) is 0. The molecule has 1 aliphatic carbocycles. The minimum atomic E-state index is -0.532. The Hall–Kier alpha value is -1.68. The van der Waals surface area contributed by atoms with Crippen molar-refractivity contribution in [3.05, 3.63) is 0 Å². The van der Waals surface area contributed by atoms with Crippen LogP contribution in [0, 0.1) is 29.6 Å². The molecule has 14 heavy (non-hydrogen) atoms. The number of nitriles is 1. The van der Waals surface area contributed by atoms with E-state index in [1.807, 2.05) is 0 Å². The third-order valence-corrected chi connectivity index (χ3v) is 2.27. The molecule has 0 aliphatic heterocycles. The second-order valence-corrected chi connectivity index (χ2v) is 3.20. The molecule has 4 nitrogen and oxygen atoms in total. The first-order valence-corrected chi connectivity index (χ1v) is 4.54. The largest absolute Gasteiger partial charge is 0.436 e. The summed E-state index contributed by atoms with van der Waals surface area (Å²) in [7, 11) is 0. The van der Waals surface area contributed by atoms with Crippen LogP contribution in [0.4, 0.5) is 4.79 Å². The molecule has 0 spiro atoms. The lowest BCUT2D eigenvalue weighted by atomic mass is 10.1.